The zero-order chi connectivity index (χ0) is 17.4. The summed E-state index contributed by atoms with van der Waals surface area (Å²) in [6.07, 6.45) is 0.256. The van der Waals surface area contributed by atoms with E-state index in [1.165, 1.54) is 12.1 Å². The number of benzene rings is 2. The Morgan fingerprint density at radius 2 is 1.79 bits per heavy atom. The molecule has 2 aromatic rings. The third-order valence-electron chi connectivity index (χ3n) is 3.71. The fourth-order valence-corrected chi connectivity index (χ4v) is 2.37. The van der Waals surface area contributed by atoms with Crippen molar-refractivity contribution in [2.75, 3.05) is 27.2 Å². The van der Waals surface area contributed by atoms with Crippen molar-refractivity contribution in [3.63, 3.8) is 0 Å². The Kier molecular flexibility index (Phi) is 6.75. The van der Waals surface area contributed by atoms with E-state index in [0.717, 1.165) is 5.56 Å². The number of carbonyl (C=O) groups excluding carboxylic acids is 1. The molecule has 1 unspecified atom stereocenters. The first-order valence-corrected chi connectivity index (χ1v) is 7.92. The number of amides is 1. The Morgan fingerprint density at radius 1 is 1.12 bits per heavy atom. The lowest BCUT2D eigenvalue weighted by Crippen LogP contribution is -2.35. The molecule has 0 fully saturated rings. The lowest BCUT2D eigenvalue weighted by atomic mass is 10.1. The van der Waals surface area contributed by atoms with Gasteiger partial charge in [0.2, 0.25) is 5.91 Å². The molecule has 1 atom stereocenters. The van der Waals surface area contributed by atoms with Crippen LogP contribution in [-0.4, -0.2) is 38.1 Å². The van der Waals surface area contributed by atoms with Gasteiger partial charge in [0.25, 0.3) is 0 Å². The molecule has 2 rings (SSSR count). The van der Waals surface area contributed by atoms with E-state index in [1.807, 2.05) is 32.3 Å². The number of likely N-dealkylation sites (N-methyl/N-ethyl adjacent to an activating group) is 1. The molecule has 128 valence electrons. The highest BCUT2D eigenvalue weighted by Gasteiger charge is 2.14. The molecule has 0 aromatic heterocycles. The van der Waals surface area contributed by atoms with E-state index in [1.54, 1.807) is 12.1 Å². The zero-order valence-corrected chi connectivity index (χ0v) is 14.0. The summed E-state index contributed by atoms with van der Waals surface area (Å²) >= 11 is 0. The van der Waals surface area contributed by atoms with Crippen molar-refractivity contribution in [1.29, 1.82) is 0 Å². The summed E-state index contributed by atoms with van der Waals surface area (Å²) < 4.78 is 18.2. The van der Waals surface area contributed by atoms with Gasteiger partial charge in [0, 0.05) is 6.54 Å². The molecule has 0 heterocycles. The standard InChI is InChI=1S/C19H23FN2O2/c1-22(2)18(15-6-4-3-5-7-15)14-21-19(23)12-13-24-17-10-8-16(20)9-11-17/h3-11,18H,12-14H2,1-2H3,(H,21,23). The molecule has 1 amide bonds. The van der Waals surface area contributed by atoms with Gasteiger partial charge < -0.3 is 15.0 Å². The highest BCUT2D eigenvalue weighted by molar-refractivity contribution is 5.76. The van der Waals surface area contributed by atoms with E-state index in [-0.39, 0.29) is 30.8 Å². The summed E-state index contributed by atoms with van der Waals surface area (Å²) in [6.45, 7) is 0.793. The second kappa shape index (κ2) is 9.03. The monoisotopic (exact) mass is 330 g/mol. The van der Waals surface area contributed by atoms with Gasteiger partial charge in [0.1, 0.15) is 11.6 Å². The Hall–Kier alpha value is -2.40. The molecule has 5 heteroatoms. The molecule has 0 saturated carbocycles. The topological polar surface area (TPSA) is 41.6 Å². The lowest BCUT2D eigenvalue weighted by Gasteiger charge is -2.25. The van der Waals surface area contributed by atoms with Gasteiger partial charge in [-0.2, -0.15) is 0 Å². The number of rotatable bonds is 8. The minimum Gasteiger partial charge on any atom is -0.493 e. The average Bonchev–Trinajstić information content (AvgIpc) is 2.57. The molecule has 4 nitrogen and oxygen atoms in total. The van der Waals surface area contributed by atoms with E-state index >= 15 is 0 Å². The van der Waals surface area contributed by atoms with Crippen molar-refractivity contribution in [3.8, 4) is 5.75 Å². The van der Waals surface area contributed by atoms with Crippen LogP contribution in [0, 0.1) is 5.82 Å². The predicted molar refractivity (Wildman–Crippen MR) is 92.4 cm³/mol. The Balaban J connectivity index is 1.76. The molecule has 0 aliphatic carbocycles. The van der Waals surface area contributed by atoms with Gasteiger partial charge in [-0.25, -0.2) is 4.39 Å². The van der Waals surface area contributed by atoms with E-state index in [2.05, 4.69) is 22.3 Å². The minimum absolute atomic E-state index is 0.0695. The summed E-state index contributed by atoms with van der Waals surface area (Å²) in [4.78, 5) is 14.1. The molecule has 0 spiro atoms. The fourth-order valence-electron chi connectivity index (χ4n) is 2.37. The number of carbonyl (C=O) groups is 1. The van der Waals surface area contributed by atoms with Crippen LogP contribution < -0.4 is 10.1 Å². The first-order chi connectivity index (χ1) is 11.6. The van der Waals surface area contributed by atoms with Gasteiger partial charge in [-0.1, -0.05) is 30.3 Å². The highest BCUT2D eigenvalue weighted by Crippen LogP contribution is 2.16. The van der Waals surface area contributed by atoms with Crippen LogP contribution in [-0.2, 0) is 4.79 Å². The first kappa shape index (κ1) is 17.9. The van der Waals surface area contributed by atoms with Gasteiger partial charge in [-0.15, -0.1) is 0 Å². The third-order valence-corrected chi connectivity index (χ3v) is 3.71. The summed E-state index contributed by atoms with van der Waals surface area (Å²) in [5, 5.41) is 2.94. The van der Waals surface area contributed by atoms with E-state index in [0.29, 0.717) is 12.3 Å². The molecule has 0 radical (unpaired) electrons. The van der Waals surface area contributed by atoms with Crippen LogP contribution in [0.15, 0.2) is 54.6 Å². The van der Waals surface area contributed by atoms with Gasteiger partial charge in [0.05, 0.1) is 19.1 Å². The molecule has 1 N–H and O–H groups in total. The number of nitrogens with one attached hydrogen (secondary N) is 1. The Labute approximate surface area is 142 Å². The van der Waals surface area contributed by atoms with Crippen LogP contribution in [0.25, 0.3) is 0 Å². The van der Waals surface area contributed by atoms with E-state index < -0.39 is 0 Å². The van der Waals surface area contributed by atoms with Crippen LogP contribution in [0.5, 0.6) is 5.75 Å². The molecule has 0 aliphatic rings. The molecule has 0 aliphatic heterocycles. The number of nitrogens with zero attached hydrogens (tertiary/aromatic N) is 1. The largest absolute Gasteiger partial charge is 0.493 e. The maximum absolute atomic E-state index is 12.8. The smallest absolute Gasteiger partial charge is 0.223 e. The summed E-state index contributed by atoms with van der Waals surface area (Å²) in [5.74, 6) is 0.176. The van der Waals surface area contributed by atoms with Gasteiger partial charge in [-0.3, -0.25) is 4.79 Å². The highest BCUT2D eigenvalue weighted by atomic mass is 19.1. The molecule has 2 aromatic carbocycles. The minimum atomic E-state index is -0.310. The number of ether oxygens (including phenoxy) is 1. The Morgan fingerprint density at radius 3 is 2.42 bits per heavy atom. The van der Waals surface area contributed by atoms with Crippen molar-refractivity contribution in [3.05, 3.63) is 66.0 Å². The summed E-state index contributed by atoms with van der Waals surface area (Å²) in [6, 6.07) is 15.9. The molecular formula is C19H23FN2O2. The summed E-state index contributed by atoms with van der Waals surface area (Å²) in [5.41, 5.74) is 1.16. The fraction of sp³-hybridized carbons (Fsp3) is 0.316. The Bertz CT molecular complexity index is 630. The summed E-state index contributed by atoms with van der Waals surface area (Å²) in [7, 11) is 3.98. The van der Waals surface area contributed by atoms with Crippen LogP contribution in [0.2, 0.25) is 0 Å². The second-order valence-corrected chi connectivity index (χ2v) is 5.75. The third kappa shape index (κ3) is 5.66. The van der Waals surface area contributed by atoms with Crippen molar-refractivity contribution < 1.29 is 13.9 Å². The molecule has 24 heavy (non-hydrogen) atoms. The lowest BCUT2D eigenvalue weighted by molar-refractivity contribution is -0.121. The van der Waals surface area contributed by atoms with Crippen molar-refractivity contribution >= 4 is 5.91 Å². The maximum atomic E-state index is 12.8. The number of halogens is 1. The number of hydrogen-bond donors (Lipinski definition) is 1. The molecule has 0 saturated heterocycles. The SMILES string of the molecule is CN(C)C(CNC(=O)CCOc1ccc(F)cc1)c1ccccc1. The maximum Gasteiger partial charge on any atom is 0.223 e. The van der Waals surface area contributed by atoms with Gasteiger partial charge in [0.15, 0.2) is 0 Å². The van der Waals surface area contributed by atoms with Gasteiger partial charge >= 0.3 is 0 Å². The van der Waals surface area contributed by atoms with Crippen molar-refractivity contribution in [2.24, 2.45) is 0 Å². The average molecular weight is 330 g/mol. The molecular weight excluding hydrogens is 307 g/mol. The predicted octanol–water partition coefficient (Wildman–Crippen LogP) is 3.01. The van der Waals surface area contributed by atoms with Crippen LogP contribution in [0.1, 0.15) is 18.0 Å². The van der Waals surface area contributed by atoms with Crippen molar-refractivity contribution in [2.45, 2.75) is 12.5 Å². The quantitative estimate of drug-likeness (QED) is 0.809. The second-order valence-electron chi connectivity index (χ2n) is 5.75. The van der Waals surface area contributed by atoms with E-state index in [9.17, 15) is 9.18 Å². The van der Waals surface area contributed by atoms with Gasteiger partial charge in [-0.05, 0) is 43.9 Å². The molecule has 0 bridgehead atoms. The van der Waals surface area contributed by atoms with E-state index in [4.69, 9.17) is 4.74 Å². The zero-order valence-electron chi connectivity index (χ0n) is 14.0. The normalized spacial score (nSPS) is 12.0. The van der Waals surface area contributed by atoms with Crippen LogP contribution in [0.3, 0.4) is 0 Å². The van der Waals surface area contributed by atoms with Crippen LogP contribution >= 0.6 is 0 Å². The number of hydrogen-bond acceptors (Lipinski definition) is 3. The van der Waals surface area contributed by atoms with Crippen molar-refractivity contribution in [1.82, 2.24) is 10.2 Å². The first-order valence-electron chi connectivity index (χ1n) is 7.92. The van der Waals surface area contributed by atoms with Crippen LogP contribution in [0.4, 0.5) is 4.39 Å².